The van der Waals surface area contributed by atoms with Crippen molar-refractivity contribution in [1.82, 2.24) is 9.97 Å². The third-order valence-electron chi connectivity index (χ3n) is 2.57. The van der Waals surface area contributed by atoms with Crippen LogP contribution in [0.2, 0.25) is 0 Å². The Morgan fingerprint density at radius 1 is 1.11 bits per heavy atom. The Morgan fingerprint density at radius 2 is 1.89 bits per heavy atom. The number of benzene rings is 1. The van der Waals surface area contributed by atoms with Crippen LogP contribution in [0.1, 0.15) is 0 Å². The quantitative estimate of drug-likeness (QED) is 0.763. The van der Waals surface area contributed by atoms with Crippen molar-refractivity contribution in [3.05, 3.63) is 24.5 Å². The monoisotopic (exact) mass is 261 g/mol. The summed E-state index contributed by atoms with van der Waals surface area (Å²) in [6, 6.07) is 5.35. The SMILES string of the molecule is COc1ccc(OC)c(Nc2ncnc(N)c2N)c1. The number of nitrogens with one attached hydrogen (secondary N) is 1. The van der Waals surface area contributed by atoms with E-state index in [1.165, 1.54) is 6.33 Å². The molecule has 1 heterocycles. The first kappa shape index (κ1) is 12.7. The summed E-state index contributed by atoms with van der Waals surface area (Å²) in [7, 11) is 3.16. The molecule has 0 atom stereocenters. The average Bonchev–Trinajstić information content (AvgIpc) is 2.43. The van der Waals surface area contributed by atoms with Crippen LogP contribution in [0.3, 0.4) is 0 Å². The van der Waals surface area contributed by atoms with E-state index in [4.69, 9.17) is 20.9 Å². The summed E-state index contributed by atoms with van der Waals surface area (Å²) in [6.07, 6.45) is 1.33. The minimum absolute atomic E-state index is 0.222. The zero-order valence-corrected chi connectivity index (χ0v) is 10.7. The van der Waals surface area contributed by atoms with Crippen LogP contribution in [-0.2, 0) is 0 Å². The molecule has 0 aliphatic rings. The molecule has 0 unspecified atom stereocenters. The summed E-state index contributed by atoms with van der Waals surface area (Å²) in [5.41, 5.74) is 12.4. The van der Waals surface area contributed by atoms with Gasteiger partial charge in [0, 0.05) is 6.07 Å². The van der Waals surface area contributed by atoms with Gasteiger partial charge in [0.2, 0.25) is 0 Å². The zero-order chi connectivity index (χ0) is 13.8. The fourth-order valence-corrected chi connectivity index (χ4v) is 1.55. The van der Waals surface area contributed by atoms with Crippen molar-refractivity contribution in [1.29, 1.82) is 0 Å². The molecule has 0 spiro atoms. The summed E-state index contributed by atoms with van der Waals surface area (Å²) in [4.78, 5) is 7.84. The minimum Gasteiger partial charge on any atom is -0.497 e. The molecule has 0 fully saturated rings. The van der Waals surface area contributed by atoms with Crippen LogP contribution in [0.25, 0.3) is 0 Å². The van der Waals surface area contributed by atoms with Gasteiger partial charge in [-0.15, -0.1) is 0 Å². The van der Waals surface area contributed by atoms with Crippen LogP contribution in [0.5, 0.6) is 11.5 Å². The van der Waals surface area contributed by atoms with Crippen molar-refractivity contribution in [3.8, 4) is 11.5 Å². The van der Waals surface area contributed by atoms with Crippen LogP contribution in [-0.4, -0.2) is 24.2 Å². The number of aromatic nitrogens is 2. The Hall–Kier alpha value is -2.70. The lowest BCUT2D eigenvalue weighted by atomic mass is 10.2. The first-order chi connectivity index (χ1) is 9.15. The molecule has 0 aliphatic heterocycles. The van der Waals surface area contributed by atoms with Crippen molar-refractivity contribution in [3.63, 3.8) is 0 Å². The number of methoxy groups -OCH3 is 2. The fourth-order valence-electron chi connectivity index (χ4n) is 1.55. The highest BCUT2D eigenvalue weighted by atomic mass is 16.5. The van der Waals surface area contributed by atoms with Gasteiger partial charge in [-0.05, 0) is 12.1 Å². The van der Waals surface area contributed by atoms with E-state index in [9.17, 15) is 0 Å². The summed E-state index contributed by atoms with van der Waals surface area (Å²) < 4.78 is 10.4. The summed E-state index contributed by atoms with van der Waals surface area (Å²) in [5, 5.41) is 3.05. The van der Waals surface area contributed by atoms with Gasteiger partial charge in [0.1, 0.15) is 23.5 Å². The highest BCUT2D eigenvalue weighted by Crippen LogP contribution is 2.33. The molecule has 1 aromatic carbocycles. The van der Waals surface area contributed by atoms with Gasteiger partial charge in [-0.3, -0.25) is 0 Å². The molecule has 0 bridgehead atoms. The Labute approximate surface area is 110 Å². The van der Waals surface area contributed by atoms with Crippen molar-refractivity contribution in [2.45, 2.75) is 0 Å². The van der Waals surface area contributed by atoms with Gasteiger partial charge in [-0.2, -0.15) is 0 Å². The molecule has 0 saturated heterocycles. The van der Waals surface area contributed by atoms with E-state index in [2.05, 4.69) is 15.3 Å². The lowest BCUT2D eigenvalue weighted by Crippen LogP contribution is -2.05. The standard InChI is InChI=1S/C12H15N5O2/c1-18-7-3-4-9(19-2)8(5-7)17-12-10(13)11(14)15-6-16-12/h3-6H,13H2,1-2H3,(H3,14,15,16,17). The van der Waals surface area contributed by atoms with Gasteiger partial charge in [0.25, 0.3) is 0 Å². The van der Waals surface area contributed by atoms with Gasteiger partial charge in [0.15, 0.2) is 11.6 Å². The number of nitrogens with zero attached hydrogens (tertiary/aromatic N) is 2. The number of hydrogen-bond donors (Lipinski definition) is 3. The number of nitrogen functional groups attached to an aromatic ring is 2. The number of rotatable bonds is 4. The number of nitrogens with two attached hydrogens (primary N) is 2. The Balaban J connectivity index is 2.39. The number of anilines is 4. The molecule has 7 heteroatoms. The highest BCUT2D eigenvalue weighted by molar-refractivity contribution is 5.78. The van der Waals surface area contributed by atoms with E-state index in [0.717, 1.165) is 0 Å². The molecule has 0 radical (unpaired) electrons. The Kier molecular flexibility index (Phi) is 3.56. The van der Waals surface area contributed by atoms with E-state index >= 15 is 0 Å². The number of hydrogen-bond acceptors (Lipinski definition) is 7. The normalized spacial score (nSPS) is 10.0. The summed E-state index contributed by atoms with van der Waals surface area (Å²) in [5.74, 6) is 1.96. The largest absolute Gasteiger partial charge is 0.497 e. The summed E-state index contributed by atoms with van der Waals surface area (Å²) in [6.45, 7) is 0. The smallest absolute Gasteiger partial charge is 0.159 e. The van der Waals surface area contributed by atoms with Gasteiger partial charge in [-0.25, -0.2) is 9.97 Å². The highest BCUT2D eigenvalue weighted by Gasteiger charge is 2.10. The topological polar surface area (TPSA) is 108 Å². The molecular weight excluding hydrogens is 246 g/mol. The predicted molar refractivity (Wildman–Crippen MR) is 73.7 cm³/mol. The van der Waals surface area contributed by atoms with Gasteiger partial charge in [0.05, 0.1) is 19.9 Å². The third-order valence-corrected chi connectivity index (χ3v) is 2.57. The van der Waals surface area contributed by atoms with Gasteiger partial charge >= 0.3 is 0 Å². The zero-order valence-electron chi connectivity index (χ0n) is 10.7. The fraction of sp³-hybridized carbons (Fsp3) is 0.167. The van der Waals surface area contributed by atoms with Crippen molar-refractivity contribution in [2.75, 3.05) is 31.0 Å². The van der Waals surface area contributed by atoms with Crippen LogP contribution in [0, 0.1) is 0 Å². The molecule has 7 nitrogen and oxygen atoms in total. The molecule has 100 valence electrons. The van der Waals surface area contributed by atoms with Crippen molar-refractivity contribution >= 4 is 23.0 Å². The molecule has 1 aromatic heterocycles. The maximum Gasteiger partial charge on any atom is 0.159 e. The Bertz CT molecular complexity index is 588. The maximum absolute atomic E-state index is 5.81. The van der Waals surface area contributed by atoms with E-state index in [1.54, 1.807) is 32.4 Å². The number of ether oxygens (including phenoxy) is 2. The molecule has 19 heavy (non-hydrogen) atoms. The third kappa shape index (κ3) is 2.59. The minimum atomic E-state index is 0.222. The second-order valence-corrected chi connectivity index (χ2v) is 3.71. The van der Waals surface area contributed by atoms with Crippen LogP contribution >= 0.6 is 0 Å². The van der Waals surface area contributed by atoms with Gasteiger partial charge in [-0.1, -0.05) is 0 Å². The first-order valence-corrected chi connectivity index (χ1v) is 5.50. The molecular formula is C12H15N5O2. The lowest BCUT2D eigenvalue weighted by molar-refractivity contribution is 0.405. The van der Waals surface area contributed by atoms with E-state index in [0.29, 0.717) is 23.0 Å². The van der Waals surface area contributed by atoms with Crippen molar-refractivity contribution < 1.29 is 9.47 Å². The maximum atomic E-state index is 5.81. The van der Waals surface area contributed by atoms with Crippen LogP contribution < -0.4 is 26.3 Å². The summed E-state index contributed by atoms with van der Waals surface area (Å²) >= 11 is 0. The predicted octanol–water partition coefficient (Wildman–Crippen LogP) is 1.40. The van der Waals surface area contributed by atoms with E-state index < -0.39 is 0 Å². The van der Waals surface area contributed by atoms with Gasteiger partial charge < -0.3 is 26.3 Å². The molecule has 2 rings (SSSR count). The molecule has 0 saturated carbocycles. The van der Waals surface area contributed by atoms with E-state index in [1.807, 2.05) is 0 Å². The Morgan fingerprint density at radius 3 is 2.58 bits per heavy atom. The molecule has 0 aliphatic carbocycles. The molecule has 5 N–H and O–H groups in total. The van der Waals surface area contributed by atoms with Crippen LogP contribution in [0.4, 0.5) is 23.0 Å². The van der Waals surface area contributed by atoms with E-state index in [-0.39, 0.29) is 11.5 Å². The van der Waals surface area contributed by atoms with Crippen molar-refractivity contribution in [2.24, 2.45) is 0 Å². The average molecular weight is 261 g/mol. The van der Waals surface area contributed by atoms with Crippen LogP contribution in [0.15, 0.2) is 24.5 Å². The lowest BCUT2D eigenvalue weighted by Gasteiger charge is -2.13. The second kappa shape index (κ2) is 5.30. The molecule has 2 aromatic rings. The molecule has 0 amide bonds. The first-order valence-electron chi connectivity index (χ1n) is 5.50. The second-order valence-electron chi connectivity index (χ2n) is 3.71.